The second kappa shape index (κ2) is 5.71. The van der Waals surface area contributed by atoms with Crippen molar-refractivity contribution >= 4 is 11.7 Å². The molecule has 1 aromatic heterocycles. The number of nitrogens with two attached hydrogens (primary N) is 1. The molecule has 1 aliphatic heterocycles. The molecule has 2 heterocycles. The molecular formula is C13H20N4O. The highest BCUT2D eigenvalue weighted by Gasteiger charge is 2.15. The van der Waals surface area contributed by atoms with E-state index >= 15 is 0 Å². The van der Waals surface area contributed by atoms with E-state index in [2.05, 4.69) is 22.0 Å². The van der Waals surface area contributed by atoms with Crippen LogP contribution in [0.1, 0.15) is 31.9 Å². The number of nitrogens with zero attached hydrogens (tertiary/aromatic N) is 3. The zero-order valence-corrected chi connectivity index (χ0v) is 10.7. The maximum atomic E-state index is 8.68. The number of aromatic nitrogens is 1. The molecule has 0 aliphatic carbocycles. The zero-order chi connectivity index (χ0) is 13.0. The van der Waals surface area contributed by atoms with Gasteiger partial charge in [-0.25, -0.2) is 4.98 Å². The fraction of sp³-hybridized carbons (Fsp3) is 0.538. The topological polar surface area (TPSA) is 74.7 Å². The fourth-order valence-corrected chi connectivity index (χ4v) is 2.29. The highest BCUT2D eigenvalue weighted by atomic mass is 16.4. The summed E-state index contributed by atoms with van der Waals surface area (Å²) in [5.41, 5.74) is 6.09. The van der Waals surface area contributed by atoms with Crippen molar-refractivity contribution in [3.8, 4) is 0 Å². The van der Waals surface area contributed by atoms with Crippen LogP contribution in [0.15, 0.2) is 23.4 Å². The molecule has 0 aromatic carbocycles. The molecule has 0 bridgehead atoms. The highest BCUT2D eigenvalue weighted by molar-refractivity contribution is 5.95. The Morgan fingerprint density at radius 3 is 3.06 bits per heavy atom. The summed E-state index contributed by atoms with van der Waals surface area (Å²) in [6.07, 6.45) is 3.66. The summed E-state index contributed by atoms with van der Waals surface area (Å²) < 4.78 is 0. The SMILES string of the molecule is CC1CCCN(c2cccc(C(N)=NO)n2)CC1. The Morgan fingerprint density at radius 2 is 2.28 bits per heavy atom. The van der Waals surface area contributed by atoms with Gasteiger partial charge >= 0.3 is 0 Å². The van der Waals surface area contributed by atoms with Gasteiger partial charge in [-0.3, -0.25) is 0 Å². The Morgan fingerprint density at radius 1 is 1.44 bits per heavy atom. The van der Waals surface area contributed by atoms with Gasteiger partial charge in [-0.2, -0.15) is 0 Å². The van der Waals surface area contributed by atoms with E-state index in [1.54, 1.807) is 6.07 Å². The van der Waals surface area contributed by atoms with Crippen LogP contribution < -0.4 is 10.6 Å². The first-order valence-corrected chi connectivity index (χ1v) is 6.40. The van der Waals surface area contributed by atoms with Crippen LogP contribution >= 0.6 is 0 Å². The summed E-state index contributed by atoms with van der Waals surface area (Å²) in [7, 11) is 0. The van der Waals surface area contributed by atoms with Gasteiger partial charge in [0, 0.05) is 13.1 Å². The smallest absolute Gasteiger partial charge is 0.188 e. The van der Waals surface area contributed by atoms with Crippen molar-refractivity contribution in [3.05, 3.63) is 23.9 Å². The Kier molecular flexibility index (Phi) is 4.02. The lowest BCUT2D eigenvalue weighted by molar-refractivity contribution is 0.318. The van der Waals surface area contributed by atoms with Crippen molar-refractivity contribution in [1.29, 1.82) is 0 Å². The molecule has 5 nitrogen and oxygen atoms in total. The van der Waals surface area contributed by atoms with Gasteiger partial charge in [0.15, 0.2) is 5.84 Å². The Labute approximate surface area is 107 Å². The summed E-state index contributed by atoms with van der Waals surface area (Å²) in [6, 6.07) is 5.62. The van der Waals surface area contributed by atoms with Gasteiger partial charge in [-0.05, 0) is 37.3 Å². The van der Waals surface area contributed by atoms with E-state index < -0.39 is 0 Å². The largest absolute Gasteiger partial charge is 0.409 e. The zero-order valence-electron chi connectivity index (χ0n) is 10.7. The predicted molar refractivity (Wildman–Crippen MR) is 72.0 cm³/mol. The minimum absolute atomic E-state index is 0.0556. The van der Waals surface area contributed by atoms with Gasteiger partial charge in [-0.1, -0.05) is 18.1 Å². The van der Waals surface area contributed by atoms with Crippen LogP contribution in [0.5, 0.6) is 0 Å². The van der Waals surface area contributed by atoms with Crippen LogP contribution in [0.2, 0.25) is 0 Å². The molecular weight excluding hydrogens is 228 g/mol. The second-order valence-electron chi connectivity index (χ2n) is 4.89. The second-order valence-corrected chi connectivity index (χ2v) is 4.89. The summed E-state index contributed by atoms with van der Waals surface area (Å²) in [6.45, 7) is 4.34. The molecule has 1 aromatic rings. The molecule has 1 saturated heterocycles. The number of amidine groups is 1. The molecule has 0 radical (unpaired) electrons. The van der Waals surface area contributed by atoms with Gasteiger partial charge in [-0.15, -0.1) is 0 Å². The van der Waals surface area contributed by atoms with Crippen LogP contribution in [0.3, 0.4) is 0 Å². The van der Waals surface area contributed by atoms with Crippen LogP contribution in [0.25, 0.3) is 0 Å². The van der Waals surface area contributed by atoms with Crippen LogP contribution in [0, 0.1) is 5.92 Å². The lowest BCUT2D eigenvalue weighted by Gasteiger charge is -2.21. The molecule has 0 amide bonds. The lowest BCUT2D eigenvalue weighted by Crippen LogP contribution is -2.26. The summed E-state index contributed by atoms with van der Waals surface area (Å²) in [4.78, 5) is 6.72. The number of hydrogen-bond donors (Lipinski definition) is 2. The van der Waals surface area contributed by atoms with Crippen LogP contribution in [-0.4, -0.2) is 29.1 Å². The normalized spacial score (nSPS) is 21.7. The average molecular weight is 248 g/mol. The Balaban J connectivity index is 2.17. The minimum Gasteiger partial charge on any atom is -0.409 e. The fourth-order valence-electron chi connectivity index (χ4n) is 2.29. The van der Waals surface area contributed by atoms with Crippen molar-refractivity contribution in [1.82, 2.24) is 4.98 Å². The van der Waals surface area contributed by atoms with Crippen molar-refractivity contribution in [3.63, 3.8) is 0 Å². The van der Waals surface area contributed by atoms with Crippen molar-refractivity contribution < 1.29 is 5.21 Å². The molecule has 98 valence electrons. The first kappa shape index (κ1) is 12.7. The first-order valence-electron chi connectivity index (χ1n) is 6.40. The van der Waals surface area contributed by atoms with E-state index in [1.165, 1.54) is 19.3 Å². The lowest BCUT2D eigenvalue weighted by atomic mass is 10.0. The number of pyridine rings is 1. The minimum atomic E-state index is 0.0556. The van der Waals surface area contributed by atoms with Crippen molar-refractivity contribution in [2.75, 3.05) is 18.0 Å². The maximum absolute atomic E-state index is 8.68. The van der Waals surface area contributed by atoms with E-state index in [-0.39, 0.29) is 5.84 Å². The third-order valence-electron chi connectivity index (χ3n) is 3.45. The van der Waals surface area contributed by atoms with Crippen molar-refractivity contribution in [2.24, 2.45) is 16.8 Å². The van der Waals surface area contributed by atoms with E-state index in [9.17, 15) is 0 Å². The van der Waals surface area contributed by atoms with Crippen molar-refractivity contribution in [2.45, 2.75) is 26.2 Å². The van der Waals surface area contributed by atoms with E-state index in [0.29, 0.717) is 5.69 Å². The molecule has 1 atom stereocenters. The number of oxime groups is 1. The van der Waals surface area contributed by atoms with Gasteiger partial charge in [0.2, 0.25) is 0 Å². The van der Waals surface area contributed by atoms with E-state index in [1.807, 2.05) is 12.1 Å². The molecule has 1 fully saturated rings. The molecule has 3 N–H and O–H groups in total. The summed E-state index contributed by atoms with van der Waals surface area (Å²) in [5.74, 6) is 1.75. The molecule has 0 saturated carbocycles. The molecule has 1 aliphatic rings. The van der Waals surface area contributed by atoms with Crippen LogP contribution in [-0.2, 0) is 0 Å². The van der Waals surface area contributed by atoms with Crippen LogP contribution in [0.4, 0.5) is 5.82 Å². The maximum Gasteiger partial charge on any atom is 0.188 e. The Bertz CT molecular complexity index is 433. The third-order valence-corrected chi connectivity index (χ3v) is 3.45. The number of hydrogen-bond acceptors (Lipinski definition) is 4. The number of anilines is 1. The summed E-state index contributed by atoms with van der Waals surface area (Å²) >= 11 is 0. The van der Waals surface area contributed by atoms with E-state index in [0.717, 1.165) is 24.8 Å². The predicted octanol–water partition coefficient (Wildman–Crippen LogP) is 1.80. The highest BCUT2D eigenvalue weighted by Crippen LogP contribution is 2.21. The third kappa shape index (κ3) is 2.91. The first-order chi connectivity index (χ1) is 8.70. The molecule has 5 heteroatoms. The summed E-state index contributed by atoms with van der Waals surface area (Å²) in [5, 5.41) is 11.7. The number of rotatable bonds is 2. The quantitative estimate of drug-likeness (QED) is 0.362. The van der Waals surface area contributed by atoms with E-state index in [4.69, 9.17) is 10.9 Å². The molecule has 2 rings (SSSR count). The van der Waals surface area contributed by atoms with Gasteiger partial charge < -0.3 is 15.8 Å². The van der Waals surface area contributed by atoms with Gasteiger partial charge in [0.05, 0.1) is 0 Å². The average Bonchev–Trinajstić information content (AvgIpc) is 2.63. The standard InChI is InChI=1S/C13H20N4O/c1-10-4-3-8-17(9-7-10)12-6-2-5-11(15-12)13(14)16-18/h2,5-6,10,18H,3-4,7-9H2,1H3,(H2,14,16). The Hall–Kier alpha value is -1.78. The molecule has 1 unspecified atom stereocenters. The monoisotopic (exact) mass is 248 g/mol. The van der Waals surface area contributed by atoms with Gasteiger partial charge in [0.1, 0.15) is 11.5 Å². The van der Waals surface area contributed by atoms with Gasteiger partial charge in [0.25, 0.3) is 0 Å². The molecule has 0 spiro atoms. The molecule has 18 heavy (non-hydrogen) atoms.